The second-order valence-electron chi connectivity index (χ2n) is 11.8. The minimum atomic E-state index is -0.851. The average molecular weight is 523 g/mol. The summed E-state index contributed by atoms with van der Waals surface area (Å²) >= 11 is 0. The predicted octanol–water partition coefficient (Wildman–Crippen LogP) is 5.25. The highest BCUT2D eigenvalue weighted by Crippen LogP contribution is 2.64. The molecule has 7 nitrogen and oxygen atoms in total. The highest BCUT2D eigenvalue weighted by Gasteiger charge is 2.60. The van der Waals surface area contributed by atoms with Crippen LogP contribution in [0.3, 0.4) is 0 Å². The fraction of sp³-hybridized carbons (Fsp3) is 0.533. The van der Waals surface area contributed by atoms with Gasteiger partial charge in [-0.3, -0.25) is 5.10 Å². The second kappa shape index (κ2) is 9.43. The summed E-state index contributed by atoms with van der Waals surface area (Å²) in [6.45, 7) is 9.66. The van der Waals surface area contributed by atoms with Crippen LogP contribution in [0, 0.1) is 28.5 Å². The number of rotatable bonds is 4. The zero-order chi connectivity index (χ0) is 26.7. The Morgan fingerprint density at radius 1 is 1.24 bits per heavy atom. The third kappa shape index (κ3) is 4.05. The van der Waals surface area contributed by atoms with Crippen LogP contribution in [-0.4, -0.2) is 46.7 Å². The Balaban J connectivity index is 1.23. The third-order valence-corrected chi connectivity index (χ3v) is 9.75. The van der Waals surface area contributed by atoms with E-state index in [2.05, 4.69) is 30.6 Å². The van der Waals surface area contributed by atoms with Crippen molar-refractivity contribution in [3.8, 4) is 11.3 Å². The first-order valence-corrected chi connectivity index (χ1v) is 13.5. The minimum Gasteiger partial charge on any atom is -0.459 e. The summed E-state index contributed by atoms with van der Waals surface area (Å²) in [7, 11) is 0. The van der Waals surface area contributed by atoms with Crippen LogP contribution in [0.1, 0.15) is 57.8 Å². The lowest BCUT2D eigenvalue weighted by Crippen LogP contribution is -2.60. The maximum Gasteiger partial charge on any atom is 0.336 e. The highest BCUT2D eigenvalue weighted by atomic mass is 19.1. The number of allylic oxidation sites excluding steroid dienone is 2. The van der Waals surface area contributed by atoms with Crippen LogP contribution in [0.2, 0.25) is 0 Å². The SMILES string of the molecule is C=C1CC[C@@H]2[C@]3(C)COC(c4cn[nH]c4-c4ccc(F)cc4)O[C@@H]3CC[C@@]2(C)[C@@H]1C/C=C1/C(=O)OCC1O. The molecule has 2 saturated heterocycles. The van der Waals surface area contributed by atoms with E-state index < -0.39 is 18.4 Å². The first-order valence-electron chi connectivity index (χ1n) is 13.5. The van der Waals surface area contributed by atoms with Gasteiger partial charge in [0.15, 0.2) is 6.29 Å². The molecule has 8 heteroatoms. The van der Waals surface area contributed by atoms with Gasteiger partial charge in [0.1, 0.15) is 18.5 Å². The molecule has 0 bridgehead atoms. The molecule has 2 aliphatic heterocycles. The van der Waals surface area contributed by atoms with Crippen LogP contribution in [-0.2, 0) is 19.0 Å². The zero-order valence-electron chi connectivity index (χ0n) is 21.9. The molecule has 2 aromatic rings. The molecule has 4 fully saturated rings. The fourth-order valence-corrected chi connectivity index (χ4v) is 7.68. The summed E-state index contributed by atoms with van der Waals surface area (Å²) in [6, 6.07) is 6.31. The summed E-state index contributed by atoms with van der Waals surface area (Å²) in [5, 5.41) is 17.4. The van der Waals surface area contributed by atoms with E-state index in [0.717, 1.165) is 42.5 Å². The van der Waals surface area contributed by atoms with Gasteiger partial charge in [-0.2, -0.15) is 5.10 Å². The Morgan fingerprint density at radius 3 is 2.76 bits per heavy atom. The smallest absolute Gasteiger partial charge is 0.336 e. The lowest BCUT2D eigenvalue weighted by Gasteiger charge is -2.62. The number of aromatic amines is 1. The molecule has 4 aliphatic rings. The summed E-state index contributed by atoms with van der Waals surface area (Å²) in [5.74, 6) is -0.158. The van der Waals surface area contributed by atoms with Crippen LogP contribution in [0.15, 0.2) is 54.3 Å². The van der Waals surface area contributed by atoms with Gasteiger partial charge in [-0.15, -0.1) is 0 Å². The highest BCUT2D eigenvalue weighted by molar-refractivity contribution is 5.91. The van der Waals surface area contributed by atoms with E-state index in [0.29, 0.717) is 24.5 Å². The standard InChI is InChI=1S/C30H35FN2O5/c1-17-4-11-24-29(2,22(17)10-9-20-23(34)15-36-27(20)35)13-12-25-30(24,3)16-37-28(38-25)21-14-32-33-26(21)18-5-7-19(31)8-6-18/h5-9,14,22-25,28,34H,1,4,10-13,15-16H2,2-3H3,(H,32,33)/b20-9+/t22-,23?,24+,25-,28?,29+,30+/m1/s1. The van der Waals surface area contributed by atoms with Crippen molar-refractivity contribution in [2.75, 3.05) is 13.2 Å². The monoisotopic (exact) mass is 522 g/mol. The van der Waals surface area contributed by atoms with Crippen molar-refractivity contribution >= 4 is 5.97 Å². The number of esters is 1. The van der Waals surface area contributed by atoms with Crippen molar-refractivity contribution in [3.63, 3.8) is 0 Å². The maximum atomic E-state index is 13.5. The van der Waals surface area contributed by atoms with Crippen LogP contribution >= 0.6 is 0 Å². The molecular formula is C30H35FN2O5. The van der Waals surface area contributed by atoms with Crippen molar-refractivity contribution in [1.29, 1.82) is 0 Å². The lowest BCUT2D eigenvalue weighted by atomic mass is 9.46. The fourth-order valence-electron chi connectivity index (χ4n) is 7.68. The number of hydrogen-bond donors (Lipinski definition) is 2. The number of cyclic esters (lactones) is 1. The number of aromatic nitrogens is 2. The number of aliphatic hydroxyl groups is 1. The van der Waals surface area contributed by atoms with Crippen LogP contribution < -0.4 is 0 Å². The Kier molecular flexibility index (Phi) is 6.32. The molecule has 2 saturated carbocycles. The third-order valence-electron chi connectivity index (χ3n) is 9.75. The van der Waals surface area contributed by atoms with Gasteiger partial charge in [0.05, 0.1) is 35.7 Å². The number of aliphatic hydroxyl groups excluding tert-OH is 1. The van der Waals surface area contributed by atoms with E-state index in [1.165, 1.54) is 17.7 Å². The second-order valence-corrected chi connectivity index (χ2v) is 11.8. The first-order chi connectivity index (χ1) is 18.2. The van der Waals surface area contributed by atoms with Crippen LogP contribution in [0.25, 0.3) is 11.3 Å². The molecule has 6 rings (SSSR count). The summed E-state index contributed by atoms with van der Waals surface area (Å²) < 4.78 is 31.6. The number of carbonyl (C=O) groups excluding carboxylic acids is 1. The Labute approximate surface area is 222 Å². The number of benzene rings is 1. The van der Waals surface area contributed by atoms with E-state index >= 15 is 0 Å². The Morgan fingerprint density at radius 2 is 2.03 bits per heavy atom. The molecule has 38 heavy (non-hydrogen) atoms. The number of fused-ring (bicyclic) bond motifs is 3. The molecule has 202 valence electrons. The van der Waals surface area contributed by atoms with Gasteiger partial charge in [0, 0.05) is 11.0 Å². The van der Waals surface area contributed by atoms with E-state index in [4.69, 9.17) is 14.2 Å². The number of nitrogens with zero attached hydrogens (tertiary/aromatic N) is 1. The number of halogens is 1. The van der Waals surface area contributed by atoms with Crippen molar-refractivity contribution in [1.82, 2.24) is 10.2 Å². The van der Waals surface area contributed by atoms with Crippen molar-refractivity contribution in [3.05, 3.63) is 65.6 Å². The molecule has 2 N–H and O–H groups in total. The molecule has 2 unspecified atom stereocenters. The Bertz CT molecular complexity index is 1270. The van der Waals surface area contributed by atoms with E-state index in [9.17, 15) is 14.3 Å². The topological polar surface area (TPSA) is 93.7 Å². The number of carbonyl (C=O) groups is 1. The van der Waals surface area contributed by atoms with Gasteiger partial charge in [-0.05, 0) is 73.6 Å². The van der Waals surface area contributed by atoms with Gasteiger partial charge in [0.2, 0.25) is 0 Å². The molecule has 1 aromatic carbocycles. The van der Waals surface area contributed by atoms with Gasteiger partial charge in [-0.1, -0.05) is 32.1 Å². The minimum absolute atomic E-state index is 0.0206. The first kappa shape index (κ1) is 25.5. The average Bonchev–Trinajstić information content (AvgIpc) is 3.50. The van der Waals surface area contributed by atoms with Crippen LogP contribution in [0.5, 0.6) is 0 Å². The molecule has 0 radical (unpaired) electrons. The van der Waals surface area contributed by atoms with E-state index in [-0.39, 0.29) is 35.3 Å². The molecular weight excluding hydrogens is 487 g/mol. The van der Waals surface area contributed by atoms with Gasteiger partial charge in [-0.25, -0.2) is 9.18 Å². The molecule has 1 aromatic heterocycles. The quantitative estimate of drug-likeness (QED) is 0.324. The number of H-pyrrole nitrogens is 1. The van der Waals surface area contributed by atoms with E-state index in [1.54, 1.807) is 18.3 Å². The van der Waals surface area contributed by atoms with E-state index in [1.807, 2.05) is 6.08 Å². The summed E-state index contributed by atoms with van der Waals surface area (Å²) in [4.78, 5) is 12.1. The van der Waals surface area contributed by atoms with Crippen molar-refractivity contribution in [2.45, 2.75) is 64.4 Å². The van der Waals surface area contributed by atoms with Gasteiger partial charge in [0.25, 0.3) is 0 Å². The number of nitrogens with one attached hydrogen (secondary N) is 1. The molecule has 2 aliphatic carbocycles. The number of hydrogen-bond acceptors (Lipinski definition) is 6. The van der Waals surface area contributed by atoms with Gasteiger partial charge >= 0.3 is 5.97 Å². The molecule has 3 heterocycles. The summed E-state index contributed by atoms with van der Waals surface area (Å²) in [5.41, 5.74) is 3.79. The van der Waals surface area contributed by atoms with Crippen molar-refractivity contribution < 1.29 is 28.5 Å². The Hall–Kier alpha value is -2.81. The van der Waals surface area contributed by atoms with Gasteiger partial charge < -0.3 is 19.3 Å². The normalized spacial score (nSPS) is 38.1. The largest absolute Gasteiger partial charge is 0.459 e. The predicted molar refractivity (Wildman–Crippen MR) is 138 cm³/mol. The molecule has 0 spiro atoms. The lowest BCUT2D eigenvalue weighted by molar-refractivity contribution is -0.307. The maximum absolute atomic E-state index is 13.5. The zero-order valence-corrected chi connectivity index (χ0v) is 21.9. The molecule has 7 atom stereocenters. The van der Waals surface area contributed by atoms with Crippen LogP contribution in [0.4, 0.5) is 4.39 Å². The number of ether oxygens (including phenoxy) is 3. The van der Waals surface area contributed by atoms with Crippen molar-refractivity contribution in [2.24, 2.45) is 22.7 Å². The summed E-state index contributed by atoms with van der Waals surface area (Å²) in [6.07, 6.45) is 6.68. The molecule has 0 amide bonds.